The molecule has 0 radical (unpaired) electrons. The summed E-state index contributed by atoms with van der Waals surface area (Å²) in [6, 6.07) is -1.74. The van der Waals surface area contributed by atoms with Gasteiger partial charge in [0.1, 0.15) is 0 Å². The second-order valence-corrected chi connectivity index (χ2v) is 2.86. The molecule has 0 rings (SSSR count). The van der Waals surface area contributed by atoms with Gasteiger partial charge in [-0.25, -0.2) is 0 Å². The van der Waals surface area contributed by atoms with E-state index in [1.807, 2.05) is 0 Å². The van der Waals surface area contributed by atoms with Crippen LogP contribution >= 0.6 is 0 Å². The van der Waals surface area contributed by atoms with E-state index < -0.39 is 30.0 Å². The van der Waals surface area contributed by atoms with E-state index in [2.05, 4.69) is 6.58 Å². The fourth-order valence-electron chi connectivity index (χ4n) is 0.764. The molecule has 0 heterocycles. The van der Waals surface area contributed by atoms with Gasteiger partial charge in [-0.2, -0.15) is 13.2 Å². The summed E-state index contributed by atoms with van der Waals surface area (Å²) >= 11 is 0. The largest absolute Gasteiger partial charge is 0.548 e. The Morgan fingerprint density at radius 3 is 2.20 bits per heavy atom. The van der Waals surface area contributed by atoms with Crippen LogP contribution in [0.5, 0.6) is 0 Å². The summed E-state index contributed by atoms with van der Waals surface area (Å²) in [4.78, 5) is 20.9. The Morgan fingerprint density at radius 1 is 1.47 bits per heavy atom. The Hall–Kier alpha value is -1.53. The molecule has 0 aliphatic heterocycles. The maximum atomic E-state index is 11.8. The molecule has 15 heavy (non-hydrogen) atoms. The molecule has 0 spiro atoms. The number of amides is 1. The molecule has 0 aliphatic carbocycles. The van der Waals surface area contributed by atoms with Gasteiger partial charge in [0.05, 0.1) is 12.0 Å². The minimum Gasteiger partial charge on any atom is -0.548 e. The number of rotatable bonds is 4. The van der Waals surface area contributed by atoms with Gasteiger partial charge in [0.2, 0.25) is 0 Å². The van der Waals surface area contributed by atoms with E-state index >= 15 is 0 Å². The van der Waals surface area contributed by atoms with Gasteiger partial charge < -0.3 is 15.2 Å². The molecule has 0 aromatic carbocycles. The minimum atomic E-state index is -5.12. The molecule has 0 unspecified atom stereocenters. The molecular formula is C8H9F3NO3-. The highest BCUT2D eigenvalue weighted by atomic mass is 19.4. The SMILES string of the molecule is C=C[C@H](C)[C@@H](NC(=O)C(F)(F)F)C(=O)[O-]. The number of halogens is 3. The van der Waals surface area contributed by atoms with Gasteiger partial charge in [-0.15, -0.1) is 6.58 Å². The zero-order valence-corrected chi connectivity index (χ0v) is 7.80. The lowest BCUT2D eigenvalue weighted by molar-refractivity contribution is -0.309. The van der Waals surface area contributed by atoms with Gasteiger partial charge >= 0.3 is 12.1 Å². The highest BCUT2D eigenvalue weighted by Crippen LogP contribution is 2.15. The zero-order valence-electron chi connectivity index (χ0n) is 7.80. The fourth-order valence-corrected chi connectivity index (χ4v) is 0.764. The van der Waals surface area contributed by atoms with Crippen LogP contribution in [0.4, 0.5) is 13.2 Å². The van der Waals surface area contributed by atoms with Crippen LogP contribution < -0.4 is 10.4 Å². The van der Waals surface area contributed by atoms with Crippen molar-refractivity contribution in [2.45, 2.75) is 19.1 Å². The Labute approximate surface area is 83.8 Å². The second-order valence-electron chi connectivity index (χ2n) is 2.86. The Bertz CT molecular complexity index is 275. The first-order valence-electron chi connectivity index (χ1n) is 3.91. The summed E-state index contributed by atoms with van der Waals surface area (Å²) < 4.78 is 35.4. The predicted octanol–water partition coefficient (Wildman–Crippen LogP) is -0.395. The lowest BCUT2D eigenvalue weighted by Gasteiger charge is -2.24. The highest BCUT2D eigenvalue weighted by Gasteiger charge is 2.40. The Kier molecular flexibility index (Phi) is 4.32. The first-order chi connectivity index (χ1) is 6.70. The van der Waals surface area contributed by atoms with Crippen LogP contribution in [0.3, 0.4) is 0 Å². The molecule has 0 saturated heterocycles. The van der Waals surface area contributed by atoms with Gasteiger partial charge in [-0.3, -0.25) is 4.79 Å². The predicted molar refractivity (Wildman–Crippen MR) is 42.4 cm³/mol. The van der Waals surface area contributed by atoms with Crippen molar-refractivity contribution in [2.24, 2.45) is 5.92 Å². The molecule has 0 bridgehead atoms. The molecule has 1 amide bonds. The third kappa shape index (κ3) is 4.01. The number of hydrogen-bond acceptors (Lipinski definition) is 3. The van der Waals surface area contributed by atoms with Crippen molar-refractivity contribution in [2.75, 3.05) is 0 Å². The van der Waals surface area contributed by atoms with Crippen LogP contribution in [0.1, 0.15) is 6.92 Å². The van der Waals surface area contributed by atoms with E-state index in [0.29, 0.717) is 0 Å². The molecular weight excluding hydrogens is 215 g/mol. The first-order valence-corrected chi connectivity index (χ1v) is 3.91. The monoisotopic (exact) mass is 224 g/mol. The lowest BCUT2D eigenvalue weighted by atomic mass is 10.0. The number of aliphatic carboxylic acids is 1. The van der Waals surface area contributed by atoms with Crippen molar-refractivity contribution in [1.29, 1.82) is 0 Å². The molecule has 0 aliphatic rings. The topological polar surface area (TPSA) is 69.2 Å². The van der Waals surface area contributed by atoms with Crippen LogP contribution in [0.15, 0.2) is 12.7 Å². The molecule has 0 aromatic heterocycles. The summed E-state index contributed by atoms with van der Waals surface area (Å²) in [5.74, 6) is -4.97. The molecule has 7 heteroatoms. The van der Waals surface area contributed by atoms with Crippen molar-refractivity contribution in [3.63, 3.8) is 0 Å². The first kappa shape index (κ1) is 13.5. The molecule has 0 aromatic rings. The normalized spacial score (nSPS) is 15.2. The van der Waals surface area contributed by atoms with Crippen LogP contribution in [0.25, 0.3) is 0 Å². The quantitative estimate of drug-likeness (QED) is 0.661. The van der Waals surface area contributed by atoms with Gasteiger partial charge in [-0.1, -0.05) is 13.0 Å². The molecule has 1 N–H and O–H groups in total. The molecule has 4 nitrogen and oxygen atoms in total. The van der Waals surface area contributed by atoms with Gasteiger partial charge in [0.25, 0.3) is 0 Å². The fraction of sp³-hybridized carbons (Fsp3) is 0.500. The van der Waals surface area contributed by atoms with E-state index in [0.717, 1.165) is 6.08 Å². The summed E-state index contributed by atoms with van der Waals surface area (Å²) in [6.07, 6.45) is -4.01. The average molecular weight is 224 g/mol. The smallest absolute Gasteiger partial charge is 0.471 e. The molecule has 2 atom stereocenters. The maximum Gasteiger partial charge on any atom is 0.471 e. The summed E-state index contributed by atoms with van der Waals surface area (Å²) in [5.41, 5.74) is 0. The van der Waals surface area contributed by atoms with Crippen molar-refractivity contribution in [3.8, 4) is 0 Å². The zero-order chi connectivity index (χ0) is 12.2. The summed E-state index contributed by atoms with van der Waals surface area (Å²) in [6.45, 7) is 4.51. The van der Waals surface area contributed by atoms with Crippen molar-refractivity contribution < 1.29 is 27.9 Å². The van der Waals surface area contributed by atoms with Crippen molar-refractivity contribution in [3.05, 3.63) is 12.7 Å². The Morgan fingerprint density at radius 2 is 1.93 bits per heavy atom. The number of alkyl halides is 3. The summed E-state index contributed by atoms with van der Waals surface area (Å²) in [7, 11) is 0. The second kappa shape index (κ2) is 4.81. The number of carboxylic acids is 1. The molecule has 0 fully saturated rings. The lowest BCUT2D eigenvalue weighted by Crippen LogP contribution is -2.54. The van der Waals surface area contributed by atoms with Crippen molar-refractivity contribution >= 4 is 11.9 Å². The minimum absolute atomic E-state index is 0.860. The molecule has 86 valence electrons. The van der Waals surface area contributed by atoms with E-state index in [1.165, 1.54) is 12.2 Å². The van der Waals surface area contributed by atoms with E-state index in [1.54, 1.807) is 0 Å². The molecule has 0 saturated carbocycles. The third-order valence-electron chi connectivity index (χ3n) is 1.70. The van der Waals surface area contributed by atoms with Crippen LogP contribution in [-0.2, 0) is 9.59 Å². The maximum absolute atomic E-state index is 11.8. The number of carboxylic acid groups (broad SMARTS) is 1. The van der Waals surface area contributed by atoms with E-state index in [-0.39, 0.29) is 0 Å². The van der Waals surface area contributed by atoms with E-state index in [9.17, 15) is 27.9 Å². The summed E-state index contributed by atoms with van der Waals surface area (Å²) in [5, 5.41) is 11.7. The standard InChI is InChI=1S/C8H10F3NO3/c1-3-4(2)5(6(13)14)12-7(15)8(9,10)11/h3-5H,1H2,2H3,(H,12,15)(H,13,14)/p-1/t4-,5+/m0/s1. The van der Waals surface area contributed by atoms with Crippen LogP contribution in [-0.4, -0.2) is 24.1 Å². The van der Waals surface area contributed by atoms with Gasteiger partial charge in [0.15, 0.2) is 0 Å². The Balaban J connectivity index is 4.64. The van der Waals surface area contributed by atoms with E-state index in [4.69, 9.17) is 0 Å². The van der Waals surface area contributed by atoms with Gasteiger partial charge in [0, 0.05) is 0 Å². The number of carbonyl (C=O) groups is 2. The van der Waals surface area contributed by atoms with Crippen LogP contribution in [0, 0.1) is 5.92 Å². The highest BCUT2D eigenvalue weighted by molar-refractivity contribution is 5.86. The van der Waals surface area contributed by atoms with Crippen LogP contribution in [0.2, 0.25) is 0 Å². The average Bonchev–Trinajstić information content (AvgIpc) is 2.10. The number of nitrogens with one attached hydrogen (secondary N) is 1. The van der Waals surface area contributed by atoms with Crippen molar-refractivity contribution in [1.82, 2.24) is 5.32 Å². The third-order valence-corrected chi connectivity index (χ3v) is 1.70. The van der Waals surface area contributed by atoms with Gasteiger partial charge in [-0.05, 0) is 5.92 Å². The number of hydrogen-bond donors (Lipinski definition) is 1. The number of carbonyl (C=O) groups excluding carboxylic acids is 2.